The van der Waals surface area contributed by atoms with Gasteiger partial charge in [0.1, 0.15) is 11.8 Å². The summed E-state index contributed by atoms with van der Waals surface area (Å²) in [5, 5.41) is 18.1. The Morgan fingerprint density at radius 2 is 2.12 bits per heavy atom. The monoisotopic (exact) mass is 245 g/mol. The first-order valence-electron chi connectivity index (χ1n) is 4.83. The molecule has 90 valence electrons. The van der Waals surface area contributed by atoms with Gasteiger partial charge in [-0.1, -0.05) is 19.1 Å². The third-order valence-electron chi connectivity index (χ3n) is 2.30. The number of phenolic OH excluding ortho intramolecular Hbond substituents is 1. The van der Waals surface area contributed by atoms with Gasteiger partial charge in [-0.2, -0.15) is 0 Å². The molecule has 1 unspecified atom stereocenters. The van der Waals surface area contributed by atoms with Crippen molar-refractivity contribution in [3.8, 4) is 5.75 Å². The minimum absolute atomic E-state index is 0. The van der Waals surface area contributed by atoms with Gasteiger partial charge in [-0.05, 0) is 30.0 Å². The van der Waals surface area contributed by atoms with Crippen LogP contribution in [-0.2, 0) is 17.6 Å². The number of halogens is 1. The highest BCUT2D eigenvalue weighted by Crippen LogP contribution is 2.19. The highest BCUT2D eigenvalue weighted by atomic mass is 35.5. The van der Waals surface area contributed by atoms with Gasteiger partial charge in [-0.3, -0.25) is 4.79 Å². The molecule has 1 rings (SSSR count). The summed E-state index contributed by atoms with van der Waals surface area (Å²) in [4.78, 5) is 10.6. The Bertz CT molecular complexity index is 368. The topological polar surface area (TPSA) is 83.6 Å². The van der Waals surface area contributed by atoms with Crippen molar-refractivity contribution < 1.29 is 15.0 Å². The fourth-order valence-electron chi connectivity index (χ4n) is 1.39. The molecule has 1 atom stereocenters. The van der Waals surface area contributed by atoms with Crippen molar-refractivity contribution in [2.24, 2.45) is 5.73 Å². The van der Waals surface area contributed by atoms with Crippen molar-refractivity contribution >= 4 is 18.4 Å². The number of carboxylic acids is 1. The Kier molecular flexibility index (Phi) is 5.85. The third-order valence-corrected chi connectivity index (χ3v) is 2.30. The van der Waals surface area contributed by atoms with Gasteiger partial charge >= 0.3 is 5.97 Å². The minimum Gasteiger partial charge on any atom is -0.508 e. The van der Waals surface area contributed by atoms with E-state index in [9.17, 15) is 9.90 Å². The van der Waals surface area contributed by atoms with Crippen LogP contribution in [0.5, 0.6) is 5.75 Å². The number of carbonyl (C=O) groups is 1. The number of nitrogens with two attached hydrogens (primary N) is 1. The predicted octanol–water partition coefficient (Wildman–Crippen LogP) is 1.33. The summed E-state index contributed by atoms with van der Waals surface area (Å²) in [5.41, 5.74) is 7.06. The second kappa shape index (κ2) is 6.35. The fourth-order valence-corrected chi connectivity index (χ4v) is 1.39. The summed E-state index contributed by atoms with van der Waals surface area (Å²) in [6.45, 7) is 1.93. The van der Waals surface area contributed by atoms with E-state index in [1.54, 1.807) is 18.2 Å². The lowest BCUT2D eigenvalue weighted by atomic mass is 10.0. The molecule has 0 spiro atoms. The molecule has 4 nitrogen and oxygen atoms in total. The van der Waals surface area contributed by atoms with Crippen molar-refractivity contribution in [1.29, 1.82) is 0 Å². The molecule has 0 saturated heterocycles. The van der Waals surface area contributed by atoms with Crippen LogP contribution in [0.25, 0.3) is 0 Å². The van der Waals surface area contributed by atoms with Gasteiger partial charge in [-0.25, -0.2) is 0 Å². The summed E-state index contributed by atoms with van der Waals surface area (Å²) in [5.74, 6) is -0.772. The van der Waals surface area contributed by atoms with Gasteiger partial charge in [0.2, 0.25) is 0 Å². The average molecular weight is 246 g/mol. The zero-order valence-corrected chi connectivity index (χ0v) is 9.83. The van der Waals surface area contributed by atoms with E-state index < -0.39 is 12.0 Å². The Balaban J connectivity index is 0.00000225. The van der Waals surface area contributed by atoms with E-state index in [-0.39, 0.29) is 24.6 Å². The summed E-state index contributed by atoms with van der Waals surface area (Å²) in [7, 11) is 0. The van der Waals surface area contributed by atoms with Gasteiger partial charge in [0.25, 0.3) is 0 Å². The maximum atomic E-state index is 10.6. The van der Waals surface area contributed by atoms with Gasteiger partial charge in [0, 0.05) is 0 Å². The largest absolute Gasteiger partial charge is 0.508 e. The molecule has 0 aromatic heterocycles. The first kappa shape index (κ1) is 14.7. The van der Waals surface area contributed by atoms with Gasteiger partial charge in [0.15, 0.2) is 0 Å². The van der Waals surface area contributed by atoms with Gasteiger partial charge in [0.05, 0.1) is 0 Å². The Hall–Kier alpha value is -1.26. The van der Waals surface area contributed by atoms with Crippen LogP contribution in [0.15, 0.2) is 18.2 Å². The average Bonchev–Trinajstić information content (AvgIpc) is 2.20. The molecule has 0 aliphatic rings. The SMILES string of the molecule is CCc1cc(CC(N)C(=O)O)ccc1O.Cl. The quantitative estimate of drug-likeness (QED) is 0.747. The van der Waals surface area contributed by atoms with Crippen molar-refractivity contribution in [1.82, 2.24) is 0 Å². The molecule has 0 bridgehead atoms. The lowest BCUT2D eigenvalue weighted by Gasteiger charge is -2.08. The van der Waals surface area contributed by atoms with Crippen LogP contribution in [0.1, 0.15) is 18.1 Å². The molecule has 0 amide bonds. The van der Waals surface area contributed by atoms with Crippen LogP contribution in [0.4, 0.5) is 0 Å². The maximum Gasteiger partial charge on any atom is 0.320 e. The Morgan fingerprint density at radius 1 is 1.50 bits per heavy atom. The van der Waals surface area contributed by atoms with E-state index in [4.69, 9.17) is 10.8 Å². The van der Waals surface area contributed by atoms with Crippen LogP contribution in [0.3, 0.4) is 0 Å². The number of aliphatic carboxylic acids is 1. The Labute approximate surface area is 100 Å². The number of hydrogen-bond acceptors (Lipinski definition) is 3. The fraction of sp³-hybridized carbons (Fsp3) is 0.364. The maximum absolute atomic E-state index is 10.6. The predicted molar refractivity (Wildman–Crippen MR) is 64.0 cm³/mol. The van der Waals surface area contributed by atoms with E-state index in [1.807, 2.05) is 6.92 Å². The molecular formula is C11H16ClNO3. The molecule has 0 heterocycles. The number of rotatable bonds is 4. The molecular weight excluding hydrogens is 230 g/mol. The molecule has 0 aliphatic carbocycles. The standard InChI is InChI=1S/C11H15NO3.ClH/c1-2-8-5-7(3-4-10(8)13)6-9(12)11(14)15;/h3-5,9,13H,2,6,12H2,1H3,(H,14,15);1H. The third kappa shape index (κ3) is 3.72. The van der Waals surface area contributed by atoms with Crippen molar-refractivity contribution in [2.75, 3.05) is 0 Å². The molecule has 1 aromatic rings. The molecule has 0 saturated carbocycles. The van der Waals surface area contributed by atoms with E-state index in [0.717, 1.165) is 11.1 Å². The first-order valence-corrected chi connectivity index (χ1v) is 4.83. The zero-order chi connectivity index (χ0) is 11.4. The number of aromatic hydroxyl groups is 1. The lowest BCUT2D eigenvalue weighted by Crippen LogP contribution is -2.32. The summed E-state index contributed by atoms with van der Waals surface area (Å²) >= 11 is 0. The van der Waals surface area contributed by atoms with E-state index in [0.29, 0.717) is 6.42 Å². The number of hydrogen-bond donors (Lipinski definition) is 3. The van der Waals surface area contributed by atoms with Crippen molar-refractivity contribution in [3.05, 3.63) is 29.3 Å². The minimum atomic E-state index is -1.01. The van der Waals surface area contributed by atoms with Gasteiger partial charge in [-0.15, -0.1) is 12.4 Å². The number of carboxylic acid groups (broad SMARTS) is 1. The molecule has 16 heavy (non-hydrogen) atoms. The highest BCUT2D eigenvalue weighted by molar-refractivity contribution is 5.85. The first-order chi connectivity index (χ1) is 7.04. The summed E-state index contributed by atoms with van der Waals surface area (Å²) in [6.07, 6.45) is 0.991. The number of aryl methyl sites for hydroxylation is 1. The van der Waals surface area contributed by atoms with E-state index in [2.05, 4.69) is 0 Å². The normalized spacial score (nSPS) is 11.6. The van der Waals surface area contributed by atoms with E-state index in [1.165, 1.54) is 0 Å². The van der Waals surface area contributed by atoms with Crippen molar-refractivity contribution in [3.63, 3.8) is 0 Å². The number of benzene rings is 1. The Morgan fingerprint density at radius 3 is 2.62 bits per heavy atom. The summed E-state index contributed by atoms with van der Waals surface area (Å²) in [6, 6.07) is 4.16. The van der Waals surface area contributed by atoms with Gasteiger partial charge < -0.3 is 15.9 Å². The van der Waals surface area contributed by atoms with E-state index >= 15 is 0 Å². The van der Waals surface area contributed by atoms with Crippen LogP contribution in [0, 0.1) is 0 Å². The molecule has 5 heteroatoms. The molecule has 1 aromatic carbocycles. The van der Waals surface area contributed by atoms with Crippen LogP contribution in [0.2, 0.25) is 0 Å². The molecule has 0 aliphatic heterocycles. The second-order valence-corrected chi connectivity index (χ2v) is 3.47. The van der Waals surface area contributed by atoms with Crippen LogP contribution >= 0.6 is 12.4 Å². The molecule has 0 radical (unpaired) electrons. The highest BCUT2D eigenvalue weighted by Gasteiger charge is 2.12. The van der Waals surface area contributed by atoms with Crippen molar-refractivity contribution in [2.45, 2.75) is 25.8 Å². The smallest absolute Gasteiger partial charge is 0.320 e. The summed E-state index contributed by atoms with van der Waals surface area (Å²) < 4.78 is 0. The molecule has 0 fully saturated rings. The lowest BCUT2D eigenvalue weighted by molar-refractivity contribution is -0.138. The number of phenols is 1. The van der Waals surface area contributed by atoms with Crippen LogP contribution < -0.4 is 5.73 Å². The van der Waals surface area contributed by atoms with Crippen LogP contribution in [-0.4, -0.2) is 22.2 Å². The molecule has 4 N–H and O–H groups in total. The second-order valence-electron chi connectivity index (χ2n) is 3.47. The zero-order valence-electron chi connectivity index (χ0n) is 9.01.